The van der Waals surface area contributed by atoms with Gasteiger partial charge in [-0.25, -0.2) is 9.59 Å². The van der Waals surface area contributed by atoms with Crippen LogP contribution in [0.4, 0.5) is 0 Å². The summed E-state index contributed by atoms with van der Waals surface area (Å²) in [4.78, 5) is 26.6. The molecule has 4 aromatic carbocycles. The Kier molecular flexibility index (Phi) is 13.8. The Hall–Kier alpha value is -3.48. The molecule has 0 radical (unpaired) electrons. The minimum atomic E-state index is -0.890. The molecular weight excluding hydrogens is 488 g/mol. The van der Waals surface area contributed by atoms with Crippen LogP contribution in [0.3, 0.4) is 0 Å². The highest BCUT2D eigenvalue weighted by atomic mass is 32.2. The number of esters is 1. The number of aromatic carboxylic acids is 1. The van der Waals surface area contributed by atoms with E-state index in [0.29, 0.717) is 17.7 Å². The minimum absolute atomic E-state index is 0. The summed E-state index contributed by atoms with van der Waals surface area (Å²) in [6.07, 6.45) is 0. The molecule has 0 saturated heterocycles. The van der Waals surface area contributed by atoms with E-state index in [9.17, 15) is 9.59 Å². The topological polar surface area (TPSA) is 63.6 Å². The Bertz CT molecular complexity index is 1210. The summed E-state index contributed by atoms with van der Waals surface area (Å²) in [6, 6.07) is 34.2. The second kappa shape index (κ2) is 16.2. The molecule has 0 saturated carbocycles. The molecule has 0 aromatic heterocycles. The van der Waals surface area contributed by atoms with Crippen LogP contribution in [-0.4, -0.2) is 23.7 Å². The van der Waals surface area contributed by atoms with Gasteiger partial charge in [-0.05, 0) is 55.5 Å². The summed E-state index contributed by atoms with van der Waals surface area (Å²) in [7, 11) is 0. The van der Waals surface area contributed by atoms with Crippen LogP contribution in [0.25, 0.3) is 0 Å². The van der Waals surface area contributed by atoms with E-state index in [1.165, 1.54) is 11.8 Å². The highest BCUT2D eigenvalue weighted by Crippen LogP contribution is 2.31. The van der Waals surface area contributed by atoms with E-state index in [4.69, 9.17) is 9.84 Å². The van der Waals surface area contributed by atoms with Crippen molar-refractivity contribution in [1.29, 1.82) is 0 Å². The Morgan fingerprint density at radius 3 is 1.47 bits per heavy atom. The number of carbonyl (C=O) groups excluding carboxylic acids is 1. The molecule has 188 valence electrons. The number of rotatable bonds is 7. The molecule has 0 fully saturated rings. The molecule has 4 aromatic rings. The molecule has 0 amide bonds. The van der Waals surface area contributed by atoms with E-state index in [0.717, 1.165) is 19.6 Å². The van der Waals surface area contributed by atoms with Gasteiger partial charge < -0.3 is 9.84 Å². The summed E-state index contributed by atoms with van der Waals surface area (Å²) < 4.78 is 5.05. The van der Waals surface area contributed by atoms with Gasteiger partial charge >= 0.3 is 11.9 Å². The maximum absolute atomic E-state index is 11.8. The zero-order valence-electron chi connectivity index (χ0n) is 18.6. The molecule has 0 aliphatic carbocycles. The number of hydrogen-bond acceptors (Lipinski definition) is 5. The van der Waals surface area contributed by atoms with E-state index < -0.39 is 5.97 Å². The zero-order valence-corrected chi connectivity index (χ0v) is 20.2. The van der Waals surface area contributed by atoms with Crippen LogP contribution in [0.5, 0.6) is 0 Å². The lowest BCUT2D eigenvalue weighted by Gasteiger charge is -2.08. The van der Waals surface area contributed by atoms with Gasteiger partial charge in [-0.3, -0.25) is 0 Å². The zero-order chi connectivity index (χ0) is 24.2. The summed E-state index contributed by atoms with van der Waals surface area (Å²) in [5.41, 5.74) is 0.963. The number of benzene rings is 4. The fourth-order valence-corrected chi connectivity index (χ4v) is 4.81. The molecule has 0 atom stereocenters. The fraction of sp³-hybridized carbons (Fsp3) is 0.133. The lowest BCUT2D eigenvalue weighted by Crippen LogP contribution is -2.05. The first-order valence-electron chi connectivity index (χ1n) is 10.6. The molecule has 0 bridgehead atoms. The fourth-order valence-electron chi connectivity index (χ4n) is 2.90. The van der Waals surface area contributed by atoms with E-state index in [1.807, 2.05) is 97.9 Å². The van der Waals surface area contributed by atoms with Crippen molar-refractivity contribution in [2.24, 2.45) is 0 Å². The van der Waals surface area contributed by atoms with Gasteiger partial charge in [0, 0.05) is 19.6 Å². The molecule has 4 nitrogen and oxygen atoms in total. The number of carboxylic acid groups (broad SMARTS) is 1. The average molecular weight is 521 g/mol. The highest BCUT2D eigenvalue weighted by molar-refractivity contribution is 7.99. The van der Waals surface area contributed by atoms with E-state index in [1.54, 1.807) is 30.0 Å². The standard InChI is InChI=1S/C15H14O2S.C13H10O2S.2CH4/c1-2-17-15(16)13-10-6-7-11-14(13)18-12-8-4-3-5-9-12;14-13(15)11-8-4-5-9-12(11)16-10-6-2-1-3-7-10;;/h3-11H,2H2,1H3;1-9H,(H,14,15);2*1H4. The third-order valence-electron chi connectivity index (χ3n) is 4.44. The first kappa shape index (κ1) is 30.6. The number of carbonyl (C=O) groups is 2. The molecule has 36 heavy (non-hydrogen) atoms. The van der Waals surface area contributed by atoms with E-state index >= 15 is 0 Å². The molecular formula is C30H32O4S2. The van der Waals surface area contributed by atoms with Gasteiger partial charge in [-0.1, -0.05) is 99.0 Å². The van der Waals surface area contributed by atoms with Crippen molar-refractivity contribution in [2.75, 3.05) is 6.61 Å². The Balaban J connectivity index is 0.000000343. The maximum Gasteiger partial charge on any atom is 0.339 e. The molecule has 1 N–H and O–H groups in total. The number of ether oxygens (including phenoxy) is 1. The number of carboxylic acids is 1. The van der Waals surface area contributed by atoms with Crippen LogP contribution in [0.2, 0.25) is 0 Å². The molecule has 0 aliphatic heterocycles. The molecule has 4 rings (SSSR count). The SMILES string of the molecule is C.C.CCOC(=O)c1ccccc1Sc1ccccc1.O=C(O)c1ccccc1Sc1ccccc1. The molecule has 0 aliphatic rings. The van der Waals surface area contributed by atoms with Gasteiger partial charge in [0.1, 0.15) is 0 Å². The van der Waals surface area contributed by atoms with Crippen LogP contribution >= 0.6 is 23.5 Å². The second-order valence-corrected chi connectivity index (χ2v) is 9.08. The van der Waals surface area contributed by atoms with Gasteiger partial charge in [0.05, 0.1) is 17.7 Å². The van der Waals surface area contributed by atoms with Crippen molar-refractivity contribution in [3.63, 3.8) is 0 Å². The monoisotopic (exact) mass is 520 g/mol. The van der Waals surface area contributed by atoms with Gasteiger partial charge in [-0.2, -0.15) is 0 Å². The van der Waals surface area contributed by atoms with Crippen molar-refractivity contribution < 1.29 is 19.4 Å². The van der Waals surface area contributed by atoms with Crippen molar-refractivity contribution >= 4 is 35.5 Å². The lowest BCUT2D eigenvalue weighted by molar-refractivity contribution is 0.0521. The third kappa shape index (κ3) is 9.29. The highest BCUT2D eigenvalue weighted by Gasteiger charge is 2.12. The summed E-state index contributed by atoms with van der Waals surface area (Å²) in [5.74, 6) is -1.16. The van der Waals surface area contributed by atoms with Gasteiger partial charge in [0.15, 0.2) is 0 Å². The third-order valence-corrected chi connectivity index (χ3v) is 6.61. The first-order chi connectivity index (χ1) is 16.6. The van der Waals surface area contributed by atoms with Crippen LogP contribution in [-0.2, 0) is 4.74 Å². The minimum Gasteiger partial charge on any atom is -0.478 e. The molecule has 0 heterocycles. The maximum atomic E-state index is 11.8. The molecule has 6 heteroatoms. The van der Waals surface area contributed by atoms with Crippen molar-refractivity contribution in [1.82, 2.24) is 0 Å². The van der Waals surface area contributed by atoms with Crippen molar-refractivity contribution in [3.8, 4) is 0 Å². The van der Waals surface area contributed by atoms with Crippen LogP contribution in [0, 0.1) is 0 Å². The Labute approximate surface area is 222 Å². The quantitative estimate of drug-likeness (QED) is 0.246. The van der Waals surface area contributed by atoms with Gasteiger partial charge in [0.2, 0.25) is 0 Å². The summed E-state index contributed by atoms with van der Waals surface area (Å²) in [6.45, 7) is 2.20. The first-order valence-corrected chi connectivity index (χ1v) is 12.3. The van der Waals surface area contributed by atoms with Gasteiger partial charge in [0.25, 0.3) is 0 Å². The van der Waals surface area contributed by atoms with Crippen LogP contribution < -0.4 is 0 Å². The van der Waals surface area contributed by atoms with Crippen LogP contribution in [0.15, 0.2) is 129 Å². The van der Waals surface area contributed by atoms with E-state index in [-0.39, 0.29) is 20.8 Å². The second-order valence-electron chi connectivity index (χ2n) is 6.85. The summed E-state index contributed by atoms with van der Waals surface area (Å²) >= 11 is 3.03. The molecule has 0 unspecified atom stereocenters. The van der Waals surface area contributed by atoms with Crippen molar-refractivity contribution in [2.45, 2.75) is 41.4 Å². The van der Waals surface area contributed by atoms with Gasteiger partial charge in [-0.15, -0.1) is 0 Å². The van der Waals surface area contributed by atoms with Crippen molar-refractivity contribution in [3.05, 3.63) is 120 Å². The smallest absolute Gasteiger partial charge is 0.339 e. The van der Waals surface area contributed by atoms with Crippen LogP contribution in [0.1, 0.15) is 42.5 Å². The predicted molar refractivity (Wildman–Crippen MR) is 150 cm³/mol. The lowest BCUT2D eigenvalue weighted by atomic mass is 10.2. The normalized spacial score (nSPS) is 9.47. The molecule has 0 spiro atoms. The van der Waals surface area contributed by atoms with E-state index in [2.05, 4.69) is 0 Å². The average Bonchev–Trinajstić information content (AvgIpc) is 2.86. The summed E-state index contributed by atoms with van der Waals surface area (Å²) in [5, 5.41) is 9.03. The number of hydrogen-bond donors (Lipinski definition) is 1. The Morgan fingerprint density at radius 2 is 1.03 bits per heavy atom. The predicted octanol–water partition coefficient (Wildman–Crippen LogP) is 8.82. The Morgan fingerprint density at radius 1 is 0.639 bits per heavy atom. The largest absolute Gasteiger partial charge is 0.478 e.